The van der Waals surface area contributed by atoms with Gasteiger partial charge in [-0.05, 0) is 6.42 Å². The van der Waals surface area contributed by atoms with E-state index in [4.69, 9.17) is 14.7 Å². The third-order valence-electron chi connectivity index (χ3n) is 2.96. The molecule has 7 nitrogen and oxygen atoms in total. The molecule has 22 heavy (non-hydrogen) atoms. The van der Waals surface area contributed by atoms with Gasteiger partial charge < -0.3 is 14.7 Å². The van der Waals surface area contributed by atoms with Crippen LogP contribution < -0.4 is 0 Å². The van der Waals surface area contributed by atoms with Crippen LogP contribution in [0, 0.1) is 0 Å². The molecule has 10 heteroatoms. The average molecular weight is 370 g/mol. The van der Waals surface area contributed by atoms with E-state index in [-0.39, 0.29) is 36.2 Å². The Morgan fingerprint density at radius 2 is 1.18 bits per heavy atom. The molecule has 0 aliphatic heterocycles. The Kier molecular flexibility index (Phi) is 16.9. The third-order valence-corrected chi connectivity index (χ3v) is 5.15. The van der Waals surface area contributed by atoms with Crippen LogP contribution in [0.3, 0.4) is 0 Å². The zero-order chi connectivity index (χ0) is 16.2. The summed E-state index contributed by atoms with van der Waals surface area (Å²) < 4.78 is 29.7. The van der Waals surface area contributed by atoms with Crippen molar-refractivity contribution >= 4 is 45.2 Å². The summed E-state index contributed by atoms with van der Waals surface area (Å²) in [5.41, 5.74) is 0. The molecule has 0 bridgehead atoms. The van der Waals surface area contributed by atoms with E-state index in [0.717, 1.165) is 19.3 Å². The minimum atomic E-state index is -5.01. The summed E-state index contributed by atoms with van der Waals surface area (Å²) >= 11 is 0. The number of phosphoric acid groups is 2. The molecule has 0 rings (SSSR count). The summed E-state index contributed by atoms with van der Waals surface area (Å²) in [6.07, 6.45) is 11.1. The standard InChI is InChI=1S/C12H28O7P2.Na.H/c1-2-3-4-5-6-7-8-9-10-11-12-18-21(16,17)19-20(13,14)15;;/h2-12H2,1H3,(H,16,17)(H2,13,14,15);;. The Balaban J connectivity index is 0. The van der Waals surface area contributed by atoms with Crippen LogP contribution in [0.4, 0.5) is 0 Å². The van der Waals surface area contributed by atoms with Crippen molar-refractivity contribution in [3.05, 3.63) is 0 Å². The van der Waals surface area contributed by atoms with Gasteiger partial charge in [-0.2, -0.15) is 4.31 Å². The molecular formula is C12H29NaO7P2. The van der Waals surface area contributed by atoms with Gasteiger partial charge in [-0.15, -0.1) is 0 Å². The molecular weight excluding hydrogens is 341 g/mol. The predicted octanol–water partition coefficient (Wildman–Crippen LogP) is 3.49. The summed E-state index contributed by atoms with van der Waals surface area (Å²) in [5.74, 6) is 0. The predicted molar refractivity (Wildman–Crippen MR) is 87.9 cm³/mol. The van der Waals surface area contributed by atoms with Crippen LogP contribution >= 0.6 is 15.6 Å². The molecule has 0 fully saturated rings. The van der Waals surface area contributed by atoms with Crippen LogP contribution in [0.5, 0.6) is 0 Å². The van der Waals surface area contributed by atoms with Crippen LogP contribution in [0.2, 0.25) is 0 Å². The molecule has 130 valence electrons. The number of hydrogen-bond donors (Lipinski definition) is 3. The van der Waals surface area contributed by atoms with Gasteiger partial charge in [0.05, 0.1) is 6.61 Å². The third kappa shape index (κ3) is 19.3. The van der Waals surface area contributed by atoms with Gasteiger partial charge in [-0.25, -0.2) is 9.13 Å². The molecule has 0 aromatic rings. The monoisotopic (exact) mass is 370 g/mol. The first-order chi connectivity index (χ1) is 9.77. The Bertz CT molecular complexity index is 348. The summed E-state index contributed by atoms with van der Waals surface area (Å²) in [6.45, 7) is 2.14. The fraction of sp³-hybridized carbons (Fsp3) is 1.00. The zero-order valence-electron chi connectivity index (χ0n) is 12.6. The Hall–Kier alpha value is 1.26. The van der Waals surface area contributed by atoms with Crippen molar-refractivity contribution in [1.29, 1.82) is 0 Å². The van der Waals surface area contributed by atoms with Gasteiger partial charge in [-0.1, -0.05) is 64.7 Å². The molecule has 0 heterocycles. The summed E-state index contributed by atoms with van der Waals surface area (Å²) in [6, 6.07) is 0. The second-order valence-electron chi connectivity index (χ2n) is 5.06. The van der Waals surface area contributed by atoms with Crippen LogP contribution in [0.15, 0.2) is 0 Å². The van der Waals surface area contributed by atoms with Gasteiger partial charge >= 0.3 is 45.2 Å². The van der Waals surface area contributed by atoms with Crippen molar-refractivity contribution in [3.63, 3.8) is 0 Å². The molecule has 1 atom stereocenters. The van der Waals surface area contributed by atoms with E-state index in [2.05, 4.69) is 15.8 Å². The SMILES string of the molecule is CCCCCCCCCCCCOP(=O)(O)OP(=O)(O)O.[NaH]. The topological polar surface area (TPSA) is 113 Å². The first-order valence-corrected chi connectivity index (χ1v) is 10.5. The molecule has 0 aromatic heterocycles. The van der Waals surface area contributed by atoms with Gasteiger partial charge in [0, 0.05) is 0 Å². The van der Waals surface area contributed by atoms with E-state index < -0.39 is 15.6 Å². The Labute approximate surface area is 155 Å². The van der Waals surface area contributed by atoms with Crippen molar-refractivity contribution in [1.82, 2.24) is 0 Å². The first kappa shape index (κ1) is 25.5. The molecule has 0 aliphatic carbocycles. The normalized spacial score (nSPS) is 14.4. The van der Waals surface area contributed by atoms with Gasteiger partial charge in [0.15, 0.2) is 0 Å². The maximum absolute atomic E-state index is 11.1. The summed E-state index contributed by atoms with van der Waals surface area (Å²) in [4.78, 5) is 25.8. The molecule has 0 saturated carbocycles. The Morgan fingerprint density at radius 1 is 0.773 bits per heavy atom. The Morgan fingerprint density at radius 3 is 1.59 bits per heavy atom. The van der Waals surface area contributed by atoms with Crippen molar-refractivity contribution in [2.45, 2.75) is 71.1 Å². The fourth-order valence-electron chi connectivity index (χ4n) is 1.93. The molecule has 0 saturated heterocycles. The van der Waals surface area contributed by atoms with Gasteiger partial charge in [0.25, 0.3) is 0 Å². The number of unbranched alkanes of at least 4 members (excludes halogenated alkanes) is 9. The number of hydrogen-bond acceptors (Lipinski definition) is 4. The van der Waals surface area contributed by atoms with E-state index in [1.54, 1.807) is 0 Å². The number of rotatable bonds is 14. The van der Waals surface area contributed by atoms with E-state index >= 15 is 0 Å². The fourth-order valence-corrected chi connectivity index (χ4v) is 3.55. The summed E-state index contributed by atoms with van der Waals surface area (Å²) in [5, 5.41) is 0. The van der Waals surface area contributed by atoms with E-state index in [9.17, 15) is 9.13 Å². The van der Waals surface area contributed by atoms with Crippen molar-refractivity contribution in [2.24, 2.45) is 0 Å². The van der Waals surface area contributed by atoms with Gasteiger partial charge in [0.2, 0.25) is 0 Å². The second-order valence-corrected chi connectivity index (χ2v) is 7.89. The average Bonchev–Trinajstić information content (AvgIpc) is 2.33. The molecule has 0 amide bonds. The van der Waals surface area contributed by atoms with E-state index in [1.165, 1.54) is 38.5 Å². The zero-order valence-corrected chi connectivity index (χ0v) is 14.4. The van der Waals surface area contributed by atoms with Crippen LogP contribution in [0.25, 0.3) is 0 Å². The van der Waals surface area contributed by atoms with Crippen molar-refractivity contribution in [2.75, 3.05) is 6.61 Å². The van der Waals surface area contributed by atoms with Gasteiger partial charge in [0.1, 0.15) is 0 Å². The summed E-state index contributed by atoms with van der Waals surface area (Å²) in [7, 11) is -9.66. The molecule has 0 spiro atoms. The molecule has 3 N–H and O–H groups in total. The molecule has 0 aliphatic rings. The van der Waals surface area contributed by atoms with E-state index in [1.807, 2.05) is 0 Å². The van der Waals surface area contributed by atoms with Crippen molar-refractivity contribution in [3.8, 4) is 0 Å². The number of phosphoric ester groups is 1. The first-order valence-electron chi connectivity index (χ1n) is 7.51. The maximum atomic E-state index is 11.1. The van der Waals surface area contributed by atoms with Crippen LogP contribution in [-0.4, -0.2) is 50.8 Å². The van der Waals surface area contributed by atoms with Crippen LogP contribution in [-0.2, 0) is 18.0 Å². The second kappa shape index (κ2) is 14.6. The molecule has 0 radical (unpaired) electrons. The van der Waals surface area contributed by atoms with Crippen LogP contribution in [0.1, 0.15) is 71.1 Å². The quantitative estimate of drug-likeness (QED) is 0.244. The molecule has 0 aromatic carbocycles. The van der Waals surface area contributed by atoms with Gasteiger partial charge in [-0.3, -0.25) is 4.52 Å². The molecule has 1 unspecified atom stereocenters. The van der Waals surface area contributed by atoms with Crippen molar-refractivity contribution < 1.29 is 32.6 Å². The minimum absolute atomic E-state index is 0. The van der Waals surface area contributed by atoms with E-state index in [0.29, 0.717) is 6.42 Å².